The number of benzene rings is 1. The molecule has 1 rings (SSSR count). The molecule has 0 heterocycles. The van der Waals surface area contributed by atoms with Gasteiger partial charge in [0.05, 0.1) is 16.2 Å². The Labute approximate surface area is 88.1 Å². The van der Waals surface area contributed by atoms with E-state index in [1.807, 2.05) is 0 Å². The van der Waals surface area contributed by atoms with E-state index in [1.54, 1.807) is 12.1 Å². The maximum Gasteiger partial charge on any atom is 0.182 e. The molecular formula is C10H10FNO2S. The normalized spacial score (nSPS) is 13.1. The number of hydrogen-bond acceptors (Lipinski definition) is 3. The summed E-state index contributed by atoms with van der Waals surface area (Å²) in [7, 11) is -3.70. The fraction of sp³-hybridized carbons (Fsp3) is 0.300. The van der Waals surface area contributed by atoms with Crippen molar-refractivity contribution in [3.63, 3.8) is 0 Å². The van der Waals surface area contributed by atoms with Crippen molar-refractivity contribution in [1.82, 2.24) is 0 Å². The lowest BCUT2D eigenvalue weighted by atomic mass is 10.2. The monoisotopic (exact) mass is 227 g/mol. The second-order valence-electron chi connectivity index (χ2n) is 3.17. The molecule has 5 heteroatoms. The largest absolute Gasteiger partial charge is 0.247 e. The molecule has 1 aromatic carbocycles. The lowest BCUT2D eigenvalue weighted by Crippen LogP contribution is -2.15. The van der Waals surface area contributed by atoms with Crippen molar-refractivity contribution in [2.24, 2.45) is 0 Å². The minimum atomic E-state index is -3.70. The van der Waals surface area contributed by atoms with E-state index in [0.717, 1.165) is 0 Å². The van der Waals surface area contributed by atoms with E-state index < -0.39 is 21.8 Å². The molecule has 0 aromatic heterocycles. The highest BCUT2D eigenvalue weighted by Gasteiger charge is 2.20. The zero-order valence-corrected chi connectivity index (χ0v) is 8.96. The first-order valence-electron chi connectivity index (χ1n) is 4.33. The SMILES string of the molecule is CC(F)CS(=O)(=O)c1ccccc1C#N. The Morgan fingerprint density at radius 2 is 2.07 bits per heavy atom. The summed E-state index contributed by atoms with van der Waals surface area (Å²) >= 11 is 0. The second kappa shape index (κ2) is 4.41. The molecule has 0 saturated carbocycles. The van der Waals surface area contributed by atoms with Gasteiger partial charge >= 0.3 is 0 Å². The fourth-order valence-electron chi connectivity index (χ4n) is 1.22. The Hall–Kier alpha value is -1.41. The molecule has 0 bridgehead atoms. The van der Waals surface area contributed by atoms with Crippen molar-refractivity contribution in [3.8, 4) is 6.07 Å². The van der Waals surface area contributed by atoms with Gasteiger partial charge in [-0.05, 0) is 19.1 Å². The fourth-order valence-corrected chi connectivity index (χ4v) is 2.74. The van der Waals surface area contributed by atoms with E-state index in [0.29, 0.717) is 0 Å². The maximum absolute atomic E-state index is 12.7. The number of alkyl halides is 1. The van der Waals surface area contributed by atoms with Gasteiger partial charge in [-0.25, -0.2) is 12.8 Å². The number of nitrogens with zero attached hydrogens (tertiary/aromatic N) is 1. The van der Waals surface area contributed by atoms with E-state index >= 15 is 0 Å². The summed E-state index contributed by atoms with van der Waals surface area (Å²) in [6.07, 6.45) is -1.44. The smallest absolute Gasteiger partial charge is 0.182 e. The summed E-state index contributed by atoms with van der Waals surface area (Å²) in [5, 5.41) is 8.71. The third kappa shape index (κ3) is 2.77. The first-order chi connectivity index (χ1) is 6.97. The number of hydrogen-bond donors (Lipinski definition) is 0. The topological polar surface area (TPSA) is 57.9 Å². The molecule has 1 aromatic rings. The van der Waals surface area contributed by atoms with Crippen molar-refractivity contribution >= 4 is 9.84 Å². The van der Waals surface area contributed by atoms with Crippen molar-refractivity contribution < 1.29 is 12.8 Å². The van der Waals surface area contributed by atoms with Gasteiger partial charge in [0.2, 0.25) is 0 Å². The average molecular weight is 227 g/mol. The van der Waals surface area contributed by atoms with Crippen LogP contribution < -0.4 is 0 Å². The zero-order valence-electron chi connectivity index (χ0n) is 8.14. The summed E-state index contributed by atoms with van der Waals surface area (Å²) < 4.78 is 35.9. The lowest BCUT2D eigenvalue weighted by Gasteiger charge is -2.06. The van der Waals surface area contributed by atoms with Crippen molar-refractivity contribution in [3.05, 3.63) is 29.8 Å². The Morgan fingerprint density at radius 1 is 1.47 bits per heavy atom. The second-order valence-corrected chi connectivity index (χ2v) is 5.17. The maximum atomic E-state index is 12.7. The van der Waals surface area contributed by atoms with Crippen LogP contribution in [0.2, 0.25) is 0 Å². The van der Waals surface area contributed by atoms with Gasteiger partial charge in [-0.2, -0.15) is 5.26 Å². The highest BCUT2D eigenvalue weighted by Crippen LogP contribution is 2.17. The third-order valence-electron chi connectivity index (χ3n) is 1.79. The molecule has 3 nitrogen and oxygen atoms in total. The van der Waals surface area contributed by atoms with Gasteiger partial charge in [-0.1, -0.05) is 12.1 Å². The quantitative estimate of drug-likeness (QED) is 0.789. The summed E-state index contributed by atoms with van der Waals surface area (Å²) in [5.41, 5.74) is 0.0538. The van der Waals surface area contributed by atoms with Crippen LogP contribution in [0.4, 0.5) is 4.39 Å². The summed E-state index contributed by atoms with van der Waals surface area (Å²) in [5.74, 6) is -0.592. The molecule has 15 heavy (non-hydrogen) atoms. The molecule has 0 saturated heterocycles. The predicted octanol–water partition coefficient (Wildman–Crippen LogP) is 1.69. The summed E-state index contributed by atoms with van der Waals surface area (Å²) in [6.45, 7) is 1.17. The highest BCUT2D eigenvalue weighted by molar-refractivity contribution is 7.91. The van der Waals surface area contributed by atoms with E-state index in [4.69, 9.17) is 5.26 Å². The van der Waals surface area contributed by atoms with Crippen LogP contribution in [-0.2, 0) is 9.84 Å². The van der Waals surface area contributed by atoms with Crippen molar-refractivity contribution in [2.45, 2.75) is 18.0 Å². The molecule has 1 unspecified atom stereocenters. The van der Waals surface area contributed by atoms with E-state index in [2.05, 4.69) is 0 Å². The van der Waals surface area contributed by atoms with Crippen LogP contribution in [0.3, 0.4) is 0 Å². The Balaban J connectivity index is 3.23. The molecule has 0 spiro atoms. The van der Waals surface area contributed by atoms with Gasteiger partial charge in [-0.3, -0.25) is 0 Å². The number of nitriles is 1. The van der Waals surface area contributed by atoms with Crippen LogP contribution in [0.5, 0.6) is 0 Å². The Bertz CT molecular complexity index is 488. The third-order valence-corrected chi connectivity index (χ3v) is 3.72. The van der Waals surface area contributed by atoms with E-state index in [-0.39, 0.29) is 10.5 Å². The molecular weight excluding hydrogens is 217 g/mol. The van der Waals surface area contributed by atoms with Gasteiger partial charge in [0, 0.05) is 0 Å². The van der Waals surface area contributed by atoms with Crippen LogP contribution in [-0.4, -0.2) is 20.3 Å². The highest BCUT2D eigenvalue weighted by atomic mass is 32.2. The number of sulfone groups is 1. The molecule has 80 valence electrons. The first-order valence-corrected chi connectivity index (χ1v) is 5.98. The molecule has 0 aliphatic carbocycles. The minimum absolute atomic E-state index is 0.0538. The Morgan fingerprint density at radius 3 is 2.60 bits per heavy atom. The first kappa shape index (κ1) is 11.7. The minimum Gasteiger partial charge on any atom is -0.247 e. The molecule has 0 aliphatic rings. The average Bonchev–Trinajstić information content (AvgIpc) is 2.16. The number of rotatable bonds is 3. The molecule has 0 amide bonds. The van der Waals surface area contributed by atoms with Crippen molar-refractivity contribution in [2.75, 3.05) is 5.75 Å². The van der Waals surface area contributed by atoms with Crippen LogP contribution in [0.25, 0.3) is 0 Å². The molecule has 0 N–H and O–H groups in total. The van der Waals surface area contributed by atoms with E-state index in [1.165, 1.54) is 25.1 Å². The van der Waals surface area contributed by atoms with Gasteiger partial charge < -0.3 is 0 Å². The molecule has 0 fully saturated rings. The standard InChI is InChI=1S/C10H10FNO2S/c1-8(11)7-15(13,14)10-5-3-2-4-9(10)6-12/h2-5,8H,7H2,1H3. The Kier molecular flexibility index (Phi) is 3.43. The van der Waals surface area contributed by atoms with Crippen LogP contribution in [0, 0.1) is 11.3 Å². The van der Waals surface area contributed by atoms with Crippen molar-refractivity contribution in [1.29, 1.82) is 5.26 Å². The zero-order chi connectivity index (χ0) is 11.5. The van der Waals surface area contributed by atoms with Gasteiger partial charge in [-0.15, -0.1) is 0 Å². The molecule has 1 atom stereocenters. The van der Waals surface area contributed by atoms with Gasteiger partial charge in [0.25, 0.3) is 0 Å². The van der Waals surface area contributed by atoms with Crippen LogP contribution in [0.1, 0.15) is 12.5 Å². The number of halogens is 1. The molecule has 0 aliphatic heterocycles. The van der Waals surface area contributed by atoms with Gasteiger partial charge in [0.1, 0.15) is 12.2 Å². The van der Waals surface area contributed by atoms with Gasteiger partial charge in [0.15, 0.2) is 9.84 Å². The van der Waals surface area contributed by atoms with Crippen LogP contribution in [0.15, 0.2) is 29.2 Å². The molecule has 0 radical (unpaired) electrons. The summed E-state index contributed by atoms with van der Waals surface area (Å²) in [6, 6.07) is 7.56. The van der Waals surface area contributed by atoms with E-state index in [9.17, 15) is 12.8 Å². The predicted molar refractivity (Wildman–Crippen MR) is 53.8 cm³/mol. The lowest BCUT2D eigenvalue weighted by molar-refractivity contribution is 0.391. The van der Waals surface area contributed by atoms with Crippen LogP contribution >= 0.6 is 0 Å². The summed E-state index contributed by atoms with van der Waals surface area (Å²) in [4.78, 5) is -0.1000.